The fraction of sp³-hybridized carbons (Fsp3) is 0.0769. The quantitative estimate of drug-likeness (QED) is 0.0961. The van der Waals surface area contributed by atoms with E-state index in [0.717, 1.165) is 17.0 Å². The number of hydrogen-bond donors (Lipinski definition) is 3. The molecule has 9 rings (SSSR count). The van der Waals surface area contributed by atoms with Gasteiger partial charge in [-0.15, -0.1) is 60.6 Å². The minimum atomic E-state index is -5.47. The standard InChI is InChI=1S/C14H8F3N3O4S2.C14H9F2N3O3S.C11H5F3N4O2S2/c15-14(16,17)26(22,23)9-5-3-8(4-6-9)11(21)18-13-20-19-12(24-13)10-2-1-7-25-10;15-13(16)21-9-5-3-8(4-6-9)11(20)17-14-19-18-12(22-14)10-2-1-7-23-10;12-11(13,14)6-4-15-9(22-6)7(19)16-10-18-17-8(20-10)5-2-1-3-21-5/h1-7H,(H,18,20,21);1-7,13H,(H,17,19,20);1-4H,(H,16,18,19). The van der Waals surface area contributed by atoms with Crippen molar-refractivity contribution in [2.75, 3.05) is 16.0 Å². The number of amides is 3. The average Bonchev–Trinajstić information content (AvgIpc) is 4.16. The number of hydrogen-bond acceptors (Lipinski definition) is 20. The number of nitrogens with zero attached hydrogens (tertiary/aromatic N) is 7. The number of halogens is 8. The van der Waals surface area contributed by atoms with Crippen LogP contribution in [-0.4, -0.2) is 73.8 Å². The molecule has 0 fully saturated rings. The third kappa shape index (κ3) is 13.3. The first kappa shape index (κ1) is 51.1. The van der Waals surface area contributed by atoms with Gasteiger partial charge in [-0.3, -0.25) is 30.3 Å². The van der Waals surface area contributed by atoms with E-state index in [1.807, 2.05) is 22.9 Å². The highest BCUT2D eigenvalue weighted by Gasteiger charge is 2.46. The number of nitrogens with one attached hydrogen (secondary N) is 3. The lowest BCUT2D eigenvalue weighted by molar-refractivity contribution is -0.134. The van der Waals surface area contributed by atoms with Gasteiger partial charge in [0, 0.05) is 11.1 Å². The van der Waals surface area contributed by atoms with E-state index >= 15 is 0 Å². The van der Waals surface area contributed by atoms with E-state index in [1.165, 1.54) is 58.3 Å². The number of thiophene rings is 3. The first-order chi connectivity index (χ1) is 33.7. The highest BCUT2D eigenvalue weighted by Crippen LogP contribution is 2.34. The second kappa shape index (κ2) is 21.9. The summed E-state index contributed by atoms with van der Waals surface area (Å²) in [5.41, 5.74) is -5.26. The molecule has 7 aromatic heterocycles. The average molecular weight is 1090 g/mol. The number of anilines is 3. The second-order valence-electron chi connectivity index (χ2n) is 12.9. The maximum atomic E-state index is 12.5. The summed E-state index contributed by atoms with van der Waals surface area (Å²) in [5, 5.41) is 34.3. The predicted octanol–water partition coefficient (Wildman–Crippen LogP) is 10.5. The van der Waals surface area contributed by atoms with E-state index in [0.29, 0.717) is 34.0 Å². The van der Waals surface area contributed by atoms with Crippen molar-refractivity contribution in [3.63, 3.8) is 0 Å². The Morgan fingerprint density at radius 1 is 0.577 bits per heavy atom. The van der Waals surface area contributed by atoms with Crippen molar-refractivity contribution in [2.45, 2.75) is 23.2 Å². The van der Waals surface area contributed by atoms with Gasteiger partial charge >= 0.3 is 36.3 Å². The van der Waals surface area contributed by atoms with Crippen molar-refractivity contribution < 1.29 is 75.9 Å². The smallest absolute Gasteiger partial charge is 0.435 e. The van der Waals surface area contributed by atoms with Crippen LogP contribution in [0.2, 0.25) is 0 Å². The zero-order valence-corrected chi connectivity index (χ0v) is 38.4. The predicted molar refractivity (Wildman–Crippen MR) is 237 cm³/mol. The summed E-state index contributed by atoms with van der Waals surface area (Å²) in [5.74, 6) is -1.42. The van der Waals surface area contributed by atoms with Crippen LogP contribution in [0.4, 0.5) is 53.2 Å². The van der Waals surface area contributed by atoms with E-state index in [4.69, 9.17) is 13.3 Å². The molecule has 3 amide bonds. The molecule has 19 nitrogen and oxygen atoms in total. The van der Waals surface area contributed by atoms with Crippen molar-refractivity contribution in [3.05, 3.63) is 128 Å². The zero-order valence-electron chi connectivity index (χ0n) is 34.3. The van der Waals surface area contributed by atoms with Crippen molar-refractivity contribution in [1.82, 2.24) is 35.6 Å². The lowest BCUT2D eigenvalue weighted by Gasteiger charge is -2.08. The Kier molecular flexibility index (Phi) is 15.7. The van der Waals surface area contributed by atoms with Gasteiger partial charge < -0.3 is 18.0 Å². The minimum Gasteiger partial charge on any atom is -0.435 e. The van der Waals surface area contributed by atoms with E-state index in [9.17, 15) is 57.9 Å². The van der Waals surface area contributed by atoms with Crippen molar-refractivity contribution >= 4 is 90.9 Å². The molecule has 9 aromatic rings. The molecule has 0 aliphatic heterocycles. The molecule has 32 heteroatoms. The summed E-state index contributed by atoms with van der Waals surface area (Å²) in [4.78, 5) is 39.6. The minimum absolute atomic E-state index is 0.0330. The van der Waals surface area contributed by atoms with Crippen LogP contribution in [0.25, 0.3) is 32.3 Å². The topological polar surface area (TPSA) is 260 Å². The molecule has 3 N–H and O–H groups in total. The molecule has 0 atom stereocenters. The normalized spacial score (nSPS) is 11.5. The Labute approximate surface area is 406 Å². The molecule has 0 aliphatic carbocycles. The Hall–Kier alpha value is -7.81. The van der Waals surface area contributed by atoms with E-state index in [1.54, 1.807) is 29.6 Å². The third-order valence-corrected chi connectivity index (χ3v) is 13.3. The van der Waals surface area contributed by atoms with Crippen LogP contribution < -0.4 is 20.7 Å². The van der Waals surface area contributed by atoms with Gasteiger partial charge in [0.15, 0.2) is 5.01 Å². The number of carbonyl (C=O) groups excluding carboxylic acids is 3. The molecule has 0 saturated heterocycles. The number of aromatic nitrogens is 7. The van der Waals surface area contributed by atoms with Gasteiger partial charge in [-0.05, 0) is 82.9 Å². The van der Waals surface area contributed by atoms with E-state index in [-0.39, 0.29) is 63.0 Å². The molecular formula is C39H22F8N10O9S5. The van der Waals surface area contributed by atoms with E-state index < -0.39 is 55.6 Å². The van der Waals surface area contributed by atoms with Crippen LogP contribution in [0.3, 0.4) is 0 Å². The lowest BCUT2D eigenvalue weighted by atomic mass is 10.2. The Bertz CT molecular complexity index is 3300. The zero-order chi connectivity index (χ0) is 50.9. The number of benzene rings is 2. The highest BCUT2D eigenvalue weighted by atomic mass is 32.2. The van der Waals surface area contributed by atoms with Gasteiger partial charge in [0.25, 0.3) is 45.2 Å². The fourth-order valence-electron chi connectivity index (χ4n) is 5.03. The molecule has 368 valence electrons. The summed E-state index contributed by atoms with van der Waals surface area (Å²) < 4.78 is 142. The van der Waals surface area contributed by atoms with Gasteiger partial charge in [-0.2, -0.15) is 35.1 Å². The number of carbonyl (C=O) groups is 3. The molecule has 0 aliphatic rings. The SMILES string of the molecule is O=C(Nc1nnc(-c2cccs2)o1)c1ccc(OC(F)F)cc1.O=C(Nc1nnc(-c2cccs2)o1)c1ccc(S(=O)(=O)C(F)(F)F)cc1.O=C(Nc1nnc(-c2cccs2)o1)c1ncc(C(F)(F)F)s1. The molecular weight excluding hydrogens is 1060 g/mol. The molecule has 0 bridgehead atoms. The second-order valence-corrected chi connectivity index (χ2v) is 18.8. The van der Waals surface area contributed by atoms with Crippen molar-refractivity contribution in [1.29, 1.82) is 0 Å². The first-order valence-electron chi connectivity index (χ1n) is 18.8. The van der Waals surface area contributed by atoms with Crippen LogP contribution >= 0.6 is 45.3 Å². The molecule has 71 heavy (non-hydrogen) atoms. The van der Waals surface area contributed by atoms with Gasteiger partial charge in [-0.25, -0.2) is 13.4 Å². The molecule has 0 spiro atoms. The van der Waals surface area contributed by atoms with Crippen molar-refractivity contribution in [3.8, 4) is 38.1 Å². The van der Waals surface area contributed by atoms with Gasteiger partial charge in [0.2, 0.25) is 0 Å². The summed E-state index contributed by atoms with van der Waals surface area (Å²) >= 11 is 4.38. The largest absolute Gasteiger partial charge is 0.501 e. The van der Waals surface area contributed by atoms with Gasteiger partial charge in [0.05, 0.1) is 25.7 Å². The number of ether oxygens (including phenoxy) is 1. The maximum Gasteiger partial charge on any atom is 0.501 e. The molecule has 0 radical (unpaired) electrons. The summed E-state index contributed by atoms with van der Waals surface area (Å²) in [6, 6.07) is 18.8. The molecule has 2 aromatic carbocycles. The molecule has 0 saturated carbocycles. The number of thiazole rings is 1. The number of sulfone groups is 1. The van der Waals surface area contributed by atoms with Gasteiger partial charge in [-0.1, -0.05) is 33.5 Å². The summed E-state index contributed by atoms with van der Waals surface area (Å²) in [6.45, 7) is -2.91. The van der Waals surface area contributed by atoms with Crippen molar-refractivity contribution in [2.24, 2.45) is 0 Å². The highest BCUT2D eigenvalue weighted by molar-refractivity contribution is 7.92. The van der Waals surface area contributed by atoms with Crippen LogP contribution in [0.5, 0.6) is 5.75 Å². The third-order valence-electron chi connectivity index (χ3n) is 8.18. The maximum absolute atomic E-state index is 12.5. The number of rotatable bonds is 12. The van der Waals surface area contributed by atoms with Crippen LogP contribution in [-0.2, 0) is 16.0 Å². The lowest BCUT2D eigenvalue weighted by Crippen LogP contribution is -2.23. The van der Waals surface area contributed by atoms with Crippen LogP contribution in [0.1, 0.15) is 35.4 Å². The molecule has 0 unspecified atom stereocenters. The van der Waals surface area contributed by atoms with Crippen LogP contribution in [0, 0.1) is 0 Å². The van der Waals surface area contributed by atoms with E-state index in [2.05, 4.69) is 56.3 Å². The molecule has 7 heterocycles. The fourth-order valence-corrected chi connectivity index (χ4v) is 8.40. The Balaban J connectivity index is 0.000000157. The van der Waals surface area contributed by atoms with Crippen LogP contribution in [0.15, 0.2) is 125 Å². The first-order valence-corrected chi connectivity index (χ1v) is 23.7. The Morgan fingerprint density at radius 3 is 1.34 bits per heavy atom. The summed E-state index contributed by atoms with van der Waals surface area (Å²) in [6.07, 6.45) is -3.93. The monoisotopic (exact) mass is 1090 g/mol. The summed E-state index contributed by atoms with van der Waals surface area (Å²) in [7, 11) is -5.47. The Morgan fingerprint density at radius 2 is 0.986 bits per heavy atom. The van der Waals surface area contributed by atoms with Gasteiger partial charge in [0.1, 0.15) is 10.6 Å². The number of alkyl halides is 8.